The largest absolute Gasteiger partial charge is 0.490 e. The Hall–Kier alpha value is -2.69. The first-order chi connectivity index (χ1) is 12.1. The first kappa shape index (κ1) is 17.1. The molecule has 0 bridgehead atoms. The molecule has 2 aromatic rings. The van der Waals surface area contributed by atoms with E-state index in [4.69, 9.17) is 15.2 Å². The normalized spacial score (nSPS) is 15.4. The van der Waals surface area contributed by atoms with Gasteiger partial charge in [0.1, 0.15) is 0 Å². The third-order valence-corrected chi connectivity index (χ3v) is 4.17. The molecule has 3 N–H and O–H groups in total. The van der Waals surface area contributed by atoms with E-state index in [1.54, 1.807) is 0 Å². The minimum absolute atomic E-state index is 0.309. The van der Waals surface area contributed by atoms with E-state index < -0.39 is 0 Å². The lowest BCUT2D eigenvalue weighted by Gasteiger charge is -2.12. The van der Waals surface area contributed by atoms with Crippen LogP contribution in [0.25, 0.3) is 0 Å². The lowest BCUT2D eigenvalue weighted by molar-refractivity contribution is 0.297. The minimum atomic E-state index is 0.309. The summed E-state index contributed by atoms with van der Waals surface area (Å²) in [5.74, 6) is 2.22. The number of nitrogens with two attached hydrogens (primary N) is 1. The number of aliphatic imine (C=N–C) groups is 1. The van der Waals surface area contributed by atoms with E-state index in [0.717, 1.165) is 23.6 Å². The highest BCUT2D eigenvalue weighted by molar-refractivity contribution is 5.92. The van der Waals surface area contributed by atoms with E-state index in [9.17, 15) is 0 Å². The average molecular weight is 339 g/mol. The Morgan fingerprint density at radius 1 is 1.16 bits per heavy atom. The van der Waals surface area contributed by atoms with Crippen molar-refractivity contribution in [2.45, 2.75) is 26.2 Å². The average Bonchev–Trinajstić information content (AvgIpc) is 2.84. The van der Waals surface area contributed by atoms with Crippen LogP contribution in [-0.2, 0) is 0 Å². The third-order valence-electron chi connectivity index (χ3n) is 4.17. The van der Waals surface area contributed by atoms with Gasteiger partial charge in [-0.2, -0.15) is 0 Å². The smallest absolute Gasteiger partial charge is 0.193 e. The van der Waals surface area contributed by atoms with E-state index >= 15 is 0 Å². The number of anilines is 1. The van der Waals surface area contributed by atoms with Crippen LogP contribution >= 0.6 is 0 Å². The highest BCUT2D eigenvalue weighted by atomic mass is 16.5. The maximum absolute atomic E-state index is 6.04. The van der Waals surface area contributed by atoms with Crippen molar-refractivity contribution in [3.63, 3.8) is 0 Å². The van der Waals surface area contributed by atoms with Gasteiger partial charge in [0.25, 0.3) is 0 Å². The van der Waals surface area contributed by atoms with Crippen LogP contribution in [0.5, 0.6) is 11.5 Å². The second-order valence-corrected chi connectivity index (χ2v) is 6.38. The Bertz CT molecular complexity index is 758. The molecule has 1 aliphatic rings. The Morgan fingerprint density at radius 3 is 2.76 bits per heavy atom. The van der Waals surface area contributed by atoms with Gasteiger partial charge in [-0.15, -0.1) is 0 Å². The van der Waals surface area contributed by atoms with Gasteiger partial charge in [-0.25, -0.2) is 0 Å². The summed E-state index contributed by atoms with van der Waals surface area (Å²) in [6.45, 7) is 6.22. The van der Waals surface area contributed by atoms with E-state index in [1.165, 1.54) is 11.1 Å². The number of rotatable bonds is 4. The first-order valence-corrected chi connectivity index (χ1v) is 8.65. The fourth-order valence-corrected chi connectivity index (χ4v) is 2.75. The molecule has 132 valence electrons. The Morgan fingerprint density at radius 2 is 1.96 bits per heavy atom. The molecule has 0 radical (unpaired) electrons. The van der Waals surface area contributed by atoms with Gasteiger partial charge in [-0.1, -0.05) is 36.8 Å². The highest BCUT2D eigenvalue weighted by Gasteiger charge is 2.11. The lowest BCUT2D eigenvalue weighted by atomic mass is 10.00. The van der Waals surface area contributed by atoms with Crippen LogP contribution in [0, 0.1) is 6.92 Å². The predicted molar refractivity (Wildman–Crippen MR) is 102 cm³/mol. The van der Waals surface area contributed by atoms with E-state index in [0.29, 0.717) is 31.6 Å². The van der Waals surface area contributed by atoms with Crippen molar-refractivity contribution in [2.75, 3.05) is 25.1 Å². The summed E-state index contributed by atoms with van der Waals surface area (Å²) < 4.78 is 11.3. The molecule has 0 spiro atoms. The summed E-state index contributed by atoms with van der Waals surface area (Å²) in [6.07, 6.45) is 0.887. The van der Waals surface area contributed by atoms with Gasteiger partial charge in [0.2, 0.25) is 0 Å². The van der Waals surface area contributed by atoms with Crippen molar-refractivity contribution in [3.8, 4) is 11.5 Å². The van der Waals surface area contributed by atoms with E-state index in [2.05, 4.69) is 48.4 Å². The van der Waals surface area contributed by atoms with Crippen molar-refractivity contribution in [1.29, 1.82) is 0 Å². The molecule has 0 saturated carbocycles. The lowest BCUT2D eigenvalue weighted by Crippen LogP contribution is -2.23. The number of hydrogen-bond acceptors (Lipinski definition) is 3. The molecule has 5 heteroatoms. The first-order valence-electron chi connectivity index (χ1n) is 8.65. The van der Waals surface area contributed by atoms with Gasteiger partial charge in [-0.05, 0) is 24.6 Å². The Labute approximate surface area is 148 Å². The molecule has 0 aliphatic carbocycles. The van der Waals surface area contributed by atoms with Crippen LogP contribution in [0.4, 0.5) is 5.69 Å². The summed E-state index contributed by atoms with van der Waals surface area (Å²) in [6, 6.07) is 14.2. The maximum atomic E-state index is 6.04. The standard InChI is InChI=1S/C20H25N3O2/c1-14-5-3-6-16(11-14)15(2)13-22-20(21)23-17-7-8-18-19(12-17)25-10-4-9-24-18/h3,5-8,11-12,15H,4,9-10,13H2,1-2H3,(H3,21,22,23). The molecule has 5 nitrogen and oxygen atoms in total. The fraction of sp³-hybridized carbons (Fsp3) is 0.350. The van der Waals surface area contributed by atoms with Gasteiger partial charge in [-0.3, -0.25) is 4.99 Å². The molecule has 3 rings (SSSR count). The van der Waals surface area contributed by atoms with Gasteiger partial charge >= 0.3 is 0 Å². The number of hydrogen-bond donors (Lipinski definition) is 2. The zero-order valence-corrected chi connectivity index (χ0v) is 14.8. The molecule has 1 heterocycles. The number of benzene rings is 2. The molecule has 1 atom stereocenters. The van der Waals surface area contributed by atoms with Crippen LogP contribution in [0.2, 0.25) is 0 Å². The van der Waals surface area contributed by atoms with Gasteiger partial charge in [0.15, 0.2) is 17.5 Å². The number of nitrogens with one attached hydrogen (secondary N) is 1. The molecule has 0 saturated heterocycles. The molecule has 0 amide bonds. The van der Waals surface area contributed by atoms with Crippen LogP contribution < -0.4 is 20.5 Å². The number of guanidine groups is 1. The second-order valence-electron chi connectivity index (χ2n) is 6.38. The maximum Gasteiger partial charge on any atom is 0.193 e. The number of aryl methyl sites for hydroxylation is 1. The van der Waals surface area contributed by atoms with Crippen molar-refractivity contribution in [1.82, 2.24) is 0 Å². The monoisotopic (exact) mass is 339 g/mol. The van der Waals surface area contributed by atoms with Crippen LogP contribution in [0.15, 0.2) is 47.5 Å². The van der Waals surface area contributed by atoms with Gasteiger partial charge < -0.3 is 20.5 Å². The summed E-state index contributed by atoms with van der Waals surface area (Å²) in [5, 5.41) is 3.12. The summed E-state index contributed by atoms with van der Waals surface area (Å²) in [7, 11) is 0. The third kappa shape index (κ3) is 4.66. The quantitative estimate of drug-likeness (QED) is 0.658. The summed E-state index contributed by atoms with van der Waals surface area (Å²) in [4.78, 5) is 4.47. The molecule has 0 aromatic heterocycles. The second kappa shape index (κ2) is 7.92. The molecule has 2 aromatic carbocycles. The van der Waals surface area contributed by atoms with Gasteiger partial charge in [0, 0.05) is 30.6 Å². The van der Waals surface area contributed by atoms with E-state index in [1.807, 2.05) is 18.2 Å². The van der Waals surface area contributed by atoms with Crippen molar-refractivity contribution in [3.05, 3.63) is 53.6 Å². The number of ether oxygens (including phenoxy) is 2. The Kier molecular flexibility index (Phi) is 5.43. The molecular formula is C20H25N3O2. The zero-order chi connectivity index (χ0) is 17.6. The molecular weight excluding hydrogens is 314 g/mol. The molecule has 1 unspecified atom stereocenters. The summed E-state index contributed by atoms with van der Waals surface area (Å²) in [5.41, 5.74) is 9.40. The van der Waals surface area contributed by atoms with Crippen LogP contribution in [0.1, 0.15) is 30.4 Å². The van der Waals surface area contributed by atoms with Crippen LogP contribution in [0.3, 0.4) is 0 Å². The molecule has 1 aliphatic heterocycles. The highest BCUT2D eigenvalue weighted by Crippen LogP contribution is 2.32. The number of nitrogens with zero attached hydrogens (tertiary/aromatic N) is 1. The fourth-order valence-electron chi connectivity index (χ4n) is 2.75. The SMILES string of the molecule is Cc1cccc(C(C)CN=C(N)Nc2ccc3c(c2)OCCCO3)c1. The van der Waals surface area contributed by atoms with E-state index in [-0.39, 0.29) is 0 Å². The molecule has 0 fully saturated rings. The topological polar surface area (TPSA) is 68.9 Å². The molecule has 25 heavy (non-hydrogen) atoms. The van der Waals surface area contributed by atoms with Crippen LogP contribution in [-0.4, -0.2) is 25.7 Å². The predicted octanol–water partition coefficient (Wildman–Crippen LogP) is 3.69. The summed E-state index contributed by atoms with van der Waals surface area (Å²) >= 11 is 0. The zero-order valence-electron chi connectivity index (χ0n) is 14.8. The van der Waals surface area contributed by atoms with Crippen molar-refractivity contribution < 1.29 is 9.47 Å². The van der Waals surface area contributed by atoms with Crippen molar-refractivity contribution >= 4 is 11.6 Å². The van der Waals surface area contributed by atoms with Crippen molar-refractivity contribution in [2.24, 2.45) is 10.7 Å². The minimum Gasteiger partial charge on any atom is -0.490 e. The number of fused-ring (bicyclic) bond motifs is 1. The Balaban J connectivity index is 1.62. The van der Waals surface area contributed by atoms with Gasteiger partial charge in [0.05, 0.1) is 13.2 Å².